The van der Waals surface area contributed by atoms with Crippen molar-refractivity contribution in [3.63, 3.8) is 0 Å². The molecule has 1 unspecified atom stereocenters. The van der Waals surface area contributed by atoms with Crippen LogP contribution in [0.5, 0.6) is 5.75 Å². The second-order valence-electron chi connectivity index (χ2n) is 4.72. The van der Waals surface area contributed by atoms with E-state index in [4.69, 9.17) is 9.84 Å². The van der Waals surface area contributed by atoms with E-state index in [0.29, 0.717) is 0 Å². The highest BCUT2D eigenvalue weighted by Crippen LogP contribution is 2.24. The number of ether oxygens (including phenoxy) is 1. The molecule has 1 aromatic rings. The van der Waals surface area contributed by atoms with Crippen molar-refractivity contribution in [2.45, 2.75) is 18.9 Å². The van der Waals surface area contributed by atoms with Gasteiger partial charge in [0, 0.05) is 12.6 Å². The highest BCUT2D eigenvalue weighted by Gasteiger charge is 2.24. The Bertz CT molecular complexity index is 533. The Morgan fingerprint density at radius 3 is 2.67 bits per heavy atom. The van der Waals surface area contributed by atoms with Gasteiger partial charge < -0.3 is 25.6 Å². The zero-order valence-electron chi connectivity index (χ0n) is 11.6. The SMILES string of the molecule is COc1cc(F)ccc1NC(=O)NCC(C)(O)CC(=O)O. The van der Waals surface area contributed by atoms with Gasteiger partial charge in [0.15, 0.2) is 0 Å². The molecule has 0 bridgehead atoms. The van der Waals surface area contributed by atoms with Crippen molar-refractivity contribution in [2.75, 3.05) is 19.0 Å². The first-order valence-corrected chi connectivity index (χ1v) is 6.06. The zero-order valence-corrected chi connectivity index (χ0v) is 11.6. The molecule has 21 heavy (non-hydrogen) atoms. The van der Waals surface area contributed by atoms with Crippen LogP contribution in [0.15, 0.2) is 18.2 Å². The molecule has 0 aromatic heterocycles. The third-order valence-electron chi connectivity index (χ3n) is 2.57. The Balaban J connectivity index is 2.60. The van der Waals surface area contributed by atoms with E-state index < -0.39 is 29.8 Å². The maximum atomic E-state index is 13.0. The first-order chi connectivity index (χ1) is 9.73. The van der Waals surface area contributed by atoms with Gasteiger partial charge in [0.25, 0.3) is 0 Å². The van der Waals surface area contributed by atoms with Crippen molar-refractivity contribution < 1.29 is 28.9 Å². The van der Waals surface area contributed by atoms with Crippen LogP contribution in [-0.4, -0.2) is 41.5 Å². The monoisotopic (exact) mass is 300 g/mol. The maximum absolute atomic E-state index is 13.0. The largest absolute Gasteiger partial charge is 0.494 e. The summed E-state index contributed by atoms with van der Waals surface area (Å²) < 4.78 is 17.9. The van der Waals surface area contributed by atoms with Crippen LogP contribution in [0.1, 0.15) is 13.3 Å². The van der Waals surface area contributed by atoms with Crippen LogP contribution in [0.4, 0.5) is 14.9 Å². The number of halogens is 1. The van der Waals surface area contributed by atoms with Gasteiger partial charge in [-0.2, -0.15) is 0 Å². The molecule has 4 N–H and O–H groups in total. The van der Waals surface area contributed by atoms with Gasteiger partial charge in [-0.15, -0.1) is 0 Å². The molecule has 0 radical (unpaired) electrons. The number of carbonyl (C=O) groups excluding carboxylic acids is 1. The van der Waals surface area contributed by atoms with Crippen molar-refractivity contribution in [1.29, 1.82) is 0 Å². The number of rotatable bonds is 6. The summed E-state index contributed by atoms with van der Waals surface area (Å²) >= 11 is 0. The summed E-state index contributed by atoms with van der Waals surface area (Å²) in [5, 5.41) is 23.1. The van der Waals surface area contributed by atoms with E-state index in [2.05, 4.69) is 10.6 Å². The summed E-state index contributed by atoms with van der Waals surface area (Å²) in [6, 6.07) is 2.91. The van der Waals surface area contributed by atoms with Crippen LogP contribution in [0.2, 0.25) is 0 Å². The second kappa shape index (κ2) is 6.89. The maximum Gasteiger partial charge on any atom is 0.319 e. The van der Waals surface area contributed by atoms with E-state index in [-0.39, 0.29) is 18.0 Å². The average Bonchev–Trinajstić information content (AvgIpc) is 2.37. The molecular formula is C13H17FN2O5. The van der Waals surface area contributed by atoms with Crippen molar-refractivity contribution in [1.82, 2.24) is 5.32 Å². The molecule has 8 heteroatoms. The molecule has 0 saturated carbocycles. The van der Waals surface area contributed by atoms with E-state index >= 15 is 0 Å². The van der Waals surface area contributed by atoms with E-state index in [1.54, 1.807) is 0 Å². The van der Waals surface area contributed by atoms with Gasteiger partial charge in [-0.3, -0.25) is 4.79 Å². The molecule has 0 saturated heterocycles. The third kappa shape index (κ3) is 5.65. The molecule has 2 amide bonds. The lowest BCUT2D eigenvalue weighted by atomic mass is 10.0. The van der Waals surface area contributed by atoms with Crippen LogP contribution < -0.4 is 15.4 Å². The summed E-state index contributed by atoms with van der Waals surface area (Å²) in [5.41, 5.74) is -1.33. The minimum atomic E-state index is -1.57. The Labute approximate surface area is 120 Å². The molecule has 0 fully saturated rings. The van der Waals surface area contributed by atoms with Gasteiger partial charge in [-0.25, -0.2) is 9.18 Å². The molecule has 1 atom stereocenters. The molecule has 7 nitrogen and oxygen atoms in total. The van der Waals surface area contributed by atoms with E-state index in [0.717, 1.165) is 12.1 Å². The summed E-state index contributed by atoms with van der Waals surface area (Å²) in [4.78, 5) is 22.2. The summed E-state index contributed by atoms with van der Waals surface area (Å²) in [7, 11) is 1.33. The van der Waals surface area contributed by atoms with Crippen molar-refractivity contribution in [3.05, 3.63) is 24.0 Å². The highest BCUT2D eigenvalue weighted by atomic mass is 19.1. The van der Waals surface area contributed by atoms with Crippen LogP contribution in [0.25, 0.3) is 0 Å². The number of hydrogen-bond acceptors (Lipinski definition) is 4. The quantitative estimate of drug-likeness (QED) is 0.631. The van der Waals surface area contributed by atoms with E-state index in [1.165, 1.54) is 20.1 Å². The van der Waals surface area contributed by atoms with Crippen molar-refractivity contribution >= 4 is 17.7 Å². The first kappa shape index (κ1) is 16.7. The molecule has 0 heterocycles. The number of aliphatic hydroxyl groups is 1. The summed E-state index contributed by atoms with van der Waals surface area (Å²) in [6.45, 7) is 1.04. The Kier molecular flexibility index (Phi) is 5.48. The fourth-order valence-electron chi connectivity index (χ4n) is 1.59. The lowest BCUT2D eigenvalue weighted by molar-refractivity contribution is -0.141. The number of methoxy groups -OCH3 is 1. The lowest BCUT2D eigenvalue weighted by Gasteiger charge is -2.21. The fraction of sp³-hybridized carbons (Fsp3) is 0.385. The molecule has 116 valence electrons. The predicted octanol–water partition coefficient (Wildman–Crippen LogP) is 1.18. The number of urea groups is 1. The topological polar surface area (TPSA) is 108 Å². The van der Waals surface area contributed by atoms with E-state index in [9.17, 15) is 19.1 Å². The van der Waals surface area contributed by atoms with Gasteiger partial charge in [-0.05, 0) is 19.1 Å². The van der Waals surface area contributed by atoms with Crippen molar-refractivity contribution in [2.24, 2.45) is 0 Å². The Morgan fingerprint density at radius 2 is 2.10 bits per heavy atom. The molecular weight excluding hydrogens is 283 g/mol. The van der Waals surface area contributed by atoms with Crippen LogP contribution in [0, 0.1) is 5.82 Å². The standard InChI is InChI=1S/C13H17FN2O5/c1-13(20,6-11(17)18)7-15-12(19)16-9-4-3-8(14)5-10(9)21-2/h3-5,20H,6-7H2,1-2H3,(H,17,18)(H2,15,16,19). The molecule has 0 aliphatic heterocycles. The number of hydrogen-bond donors (Lipinski definition) is 4. The molecule has 1 rings (SSSR count). The van der Waals surface area contributed by atoms with Gasteiger partial charge in [-0.1, -0.05) is 0 Å². The zero-order chi connectivity index (χ0) is 16.0. The molecule has 0 aliphatic rings. The van der Waals surface area contributed by atoms with Gasteiger partial charge in [0.1, 0.15) is 11.6 Å². The highest BCUT2D eigenvalue weighted by molar-refractivity contribution is 5.91. The number of benzene rings is 1. The Morgan fingerprint density at radius 1 is 1.43 bits per heavy atom. The van der Waals surface area contributed by atoms with Gasteiger partial charge in [0.05, 0.1) is 24.8 Å². The number of amides is 2. The Hall–Kier alpha value is -2.35. The normalized spacial score (nSPS) is 13.1. The number of carbonyl (C=O) groups is 2. The summed E-state index contributed by atoms with van der Waals surface area (Å²) in [6.07, 6.45) is -0.507. The number of carboxylic acids is 1. The van der Waals surface area contributed by atoms with E-state index in [1.807, 2.05) is 0 Å². The number of aliphatic carboxylic acids is 1. The number of carboxylic acid groups (broad SMARTS) is 1. The molecule has 1 aromatic carbocycles. The van der Waals surface area contributed by atoms with Gasteiger partial charge in [0.2, 0.25) is 0 Å². The predicted molar refractivity (Wildman–Crippen MR) is 72.9 cm³/mol. The summed E-state index contributed by atoms with van der Waals surface area (Å²) in [5.74, 6) is -1.55. The van der Waals surface area contributed by atoms with Crippen LogP contribution >= 0.6 is 0 Å². The van der Waals surface area contributed by atoms with Gasteiger partial charge >= 0.3 is 12.0 Å². The molecule has 0 aliphatic carbocycles. The second-order valence-corrected chi connectivity index (χ2v) is 4.72. The minimum Gasteiger partial charge on any atom is -0.494 e. The van der Waals surface area contributed by atoms with Crippen LogP contribution in [-0.2, 0) is 4.79 Å². The smallest absolute Gasteiger partial charge is 0.319 e. The van der Waals surface area contributed by atoms with Crippen LogP contribution in [0.3, 0.4) is 0 Å². The number of anilines is 1. The first-order valence-electron chi connectivity index (χ1n) is 6.06. The van der Waals surface area contributed by atoms with Crippen molar-refractivity contribution in [3.8, 4) is 5.75 Å². The molecule has 0 spiro atoms. The minimum absolute atomic E-state index is 0.141. The lowest BCUT2D eigenvalue weighted by Crippen LogP contribution is -2.43. The average molecular weight is 300 g/mol. The fourth-order valence-corrected chi connectivity index (χ4v) is 1.59. The third-order valence-corrected chi connectivity index (χ3v) is 2.57. The number of nitrogens with one attached hydrogen (secondary N) is 2.